The highest BCUT2D eigenvalue weighted by molar-refractivity contribution is 5.80. The average Bonchev–Trinajstić information content (AvgIpc) is 2.18. The molecular weight excluding hydrogens is 281 g/mol. The van der Waals surface area contributed by atoms with Crippen LogP contribution in [0.2, 0.25) is 0 Å². The quantitative estimate of drug-likeness (QED) is 0.827. The van der Waals surface area contributed by atoms with E-state index in [1.807, 2.05) is 0 Å². The number of aliphatic carboxylic acids is 1. The molecule has 114 valence electrons. The number of alkyl carbamates (subject to hydrolysis) is 1. The van der Waals surface area contributed by atoms with Gasteiger partial charge in [0.25, 0.3) is 0 Å². The summed E-state index contributed by atoms with van der Waals surface area (Å²) in [5.74, 6) is -4.17. The lowest BCUT2D eigenvalue weighted by molar-refractivity contribution is -0.164. The van der Waals surface area contributed by atoms with Crippen molar-refractivity contribution in [1.82, 2.24) is 5.32 Å². The van der Waals surface area contributed by atoms with Crippen LogP contribution >= 0.6 is 0 Å². The summed E-state index contributed by atoms with van der Waals surface area (Å²) >= 11 is 0. The second kappa shape index (κ2) is 6.45. The van der Waals surface area contributed by atoms with Crippen LogP contribution in [0.3, 0.4) is 0 Å². The zero-order valence-corrected chi connectivity index (χ0v) is 11.1. The summed E-state index contributed by atoms with van der Waals surface area (Å²) in [5.41, 5.74) is -0.925. The van der Waals surface area contributed by atoms with Crippen molar-refractivity contribution in [3.05, 3.63) is 0 Å². The first-order valence-electron chi connectivity index (χ1n) is 5.55. The number of nitriles is 1. The number of carbonyl (C=O) groups excluding carboxylic acids is 1. The first-order valence-corrected chi connectivity index (χ1v) is 5.55. The van der Waals surface area contributed by atoms with Crippen LogP contribution in [-0.4, -0.2) is 35.0 Å². The third kappa shape index (κ3) is 6.82. The summed E-state index contributed by atoms with van der Waals surface area (Å²) in [7, 11) is 0. The minimum absolute atomic E-state index is 0.925. The standard InChI is InChI=1S/C11H15F3N2O4/c1-10(2,3)20-9(19)16-7(8(17)18)4-6(5-15)11(12,13)14/h6-7H,4H2,1-3H3,(H,16,19)(H,17,18). The molecule has 0 bridgehead atoms. The predicted octanol–water partition coefficient (Wildman–Crippen LogP) is 2.06. The van der Waals surface area contributed by atoms with Crippen LogP contribution in [0.1, 0.15) is 27.2 Å². The Bertz CT molecular complexity index is 409. The molecule has 0 aliphatic carbocycles. The Morgan fingerprint density at radius 2 is 1.85 bits per heavy atom. The van der Waals surface area contributed by atoms with Crippen LogP contribution in [0.25, 0.3) is 0 Å². The summed E-state index contributed by atoms with van der Waals surface area (Å²) in [5, 5.41) is 19.0. The van der Waals surface area contributed by atoms with Gasteiger partial charge in [0, 0.05) is 6.42 Å². The molecule has 6 nitrogen and oxygen atoms in total. The first kappa shape index (κ1) is 18.0. The van der Waals surface area contributed by atoms with E-state index in [0.717, 1.165) is 6.07 Å². The van der Waals surface area contributed by atoms with E-state index in [1.54, 1.807) is 5.32 Å². The lowest BCUT2D eigenvalue weighted by Crippen LogP contribution is -2.45. The zero-order chi connectivity index (χ0) is 16.1. The van der Waals surface area contributed by atoms with Gasteiger partial charge in [-0.2, -0.15) is 18.4 Å². The fraction of sp³-hybridized carbons (Fsp3) is 0.727. The van der Waals surface area contributed by atoms with E-state index < -0.39 is 42.2 Å². The van der Waals surface area contributed by atoms with E-state index in [0.29, 0.717) is 0 Å². The van der Waals surface area contributed by atoms with Gasteiger partial charge in [0.15, 0.2) is 0 Å². The molecule has 0 aliphatic rings. The first-order chi connectivity index (χ1) is 8.86. The second-order valence-electron chi connectivity index (χ2n) is 5.00. The highest BCUT2D eigenvalue weighted by atomic mass is 19.4. The second-order valence-corrected chi connectivity index (χ2v) is 5.00. The number of alkyl halides is 3. The molecule has 0 aromatic heterocycles. The van der Waals surface area contributed by atoms with E-state index in [4.69, 9.17) is 15.1 Å². The molecule has 20 heavy (non-hydrogen) atoms. The molecule has 0 saturated carbocycles. The monoisotopic (exact) mass is 296 g/mol. The van der Waals surface area contributed by atoms with Gasteiger partial charge in [-0.15, -0.1) is 0 Å². The van der Waals surface area contributed by atoms with Gasteiger partial charge in [-0.25, -0.2) is 9.59 Å². The molecule has 0 aromatic carbocycles. The third-order valence-electron chi connectivity index (χ3n) is 2.01. The molecule has 0 aromatic rings. The van der Waals surface area contributed by atoms with Crippen LogP contribution in [0, 0.1) is 17.2 Å². The number of amides is 1. The van der Waals surface area contributed by atoms with Crippen molar-refractivity contribution in [3.8, 4) is 6.07 Å². The van der Waals surface area contributed by atoms with Gasteiger partial charge >= 0.3 is 18.2 Å². The maximum atomic E-state index is 12.4. The number of nitrogens with one attached hydrogen (secondary N) is 1. The summed E-state index contributed by atoms with van der Waals surface area (Å²) in [6.45, 7) is 4.53. The van der Waals surface area contributed by atoms with Gasteiger partial charge in [0.2, 0.25) is 0 Å². The van der Waals surface area contributed by atoms with E-state index >= 15 is 0 Å². The number of halogens is 3. The molecule has 1 amide bonds. The number of nitrogens with zero attached hydrogens (tertiary/aromatic N) is 1. The van der Waals surface area contributed by atoms with Gasteiger partial charge < -0.3 is 15.2 Å². The third-order valence-corrected chi connectivity index (χ3v) is 2.01. The van der Waals surface area contributed by atoms with Crippen LogP contribution in [0.15, 0.2) is 0 Å². The summed E-state index contributed by atoms with van der Waals surface area (Å²) in [6, 6.07) is -0.896. The SMILES string of the molecule is CC(C)(C)OC(=O)NC(CC(C#N)C(F)(F)F)C(=O)O. The Labute approximate surface area is 113 Å². The number of hydrogen-bond acceptors (Lipinski definition) is 4. The number of carboxylic acids is 1. The average molecular weight is 296 g/mol. The molecule has 0 saturated heterocycles. The minimum atomic E-state index is -4.86. The van der Waals surface area contributed by atoms with Gasteiger partial charge in [0.1, 0.15) is 17.6 Å². The van der Waals surface area contributed by atoms with Crippen molar-refractivity contribution >= 4 is 12.1 Å². The van der Waals surface area contributed by atoms with Crippen molar-refractivity contribution < 1.29 is 32.6 Å². The van der Waals surface area contributed by atoms with Gasteiger partial charge in [-0.05, 0) is 20.8 Å². The van der Waals surface area contributed by atoms with Gasteiger partial charge in [0.05, 0.1) is 6.07 Å². The number of hydrogen-bond donors (Lipinski definition) is 2. The Balaban J connectivity index is 4.80. The van der Waals surface area contributed by atoms with E-state index in [2.05, 4.69) is 0 Å². The lowest BCUT2D eigenvalue weighted by Gasteiger charge is -2.23. The predicted molar refractivity (Wildman–Crippen MR) is 60.6 cm³/mol. The molecule has 2 N–H and O–H groups in total. The largest absolute Gasteiger partial charge is 0.480 e. The van der Waals surface area contributed by atoms with Crippen molar-refractivity contribution in [3.63, 3.8) is 0 Å². The number of ether oxygens (including phenoxy) is 1. The molecule has 0 rings (SSSR count). The van der Waals surface area contributed by atoms with Crippen molar-refractivity contribution in [2.45, 2.75) is 45.0 Å². The van der Waals surface area contributed by atoms with Crippen LogP contribution < -0.4 is 5.32 Å². The summed E-state index contributed by atoms with van der Waals surface area (Å²) in [6.07, 6.45) is -7.11. The van der Waals surface area contributed by atoms with Crippen LogP contribution in [-0.2, 0) is 9.53 Å². The fourth-order valence-electron chi connectivity index (χ4n) is 1.17. The molecule has 0 radical (unpaired) electrons. The lowest BCUT2D eigenvalue weighted by atomic mass is 10.0. The van der Waals surface area contributed by atoms with Crippen LogP contribution in [0.4, 0.5) is 18.0 Å². The normalized spacial score (nSPS) is 14.8. The van der Waals surface area contributed by atoms with Crippen molar-refractivity contribution in [2.24, 2.45) is 5.92 Å². The van der Waals surface area contributed by atoms with E-state index in [9.17, 15) is 22.8 Å². The Hall–Kier alpha value is -1.98. The number of carboxylic acid groups (broad SMARTS) is 1. The van der Waals surface area contributed by atoms with Gasteiger partial charge in [-0.3, -0.25) is 0 Å². The van der Waals surface area contributed by atoms with Crippen LogP contribution in [0.5, 0.6) is 0 Å². The molecule has 0 fully saturated rings. The minimum Gasteiger partial charge on any atom is -0.480 e. The Kier molecular flexibility index (Phi) is 5.81. The topological polar surface area (TPSA) is 99.4 Å². The molecule has 2 atom stereocenters. The number of carbonyl (C=O) groups is 2. The van der Waals surface area contributed by atoms with E-state index in [-0.39, 0.29) is 0 Å². The molecule has 0 aliphatic heterocycles. The highest BCUT2D eigenvalue weighted by Gasteiger charge is 2.43. The zero-order valence-electron chi connectivity index (χ0n) is 11.1. The smallest absolute Gasteiger partial charge is 0.408 e. The van der Waals surface area contributed by atoms with E-state index in [1.165, 1.54) is 20.8 Å². The Morgan fingerprint density at radius 3 is 2.15 bits per heavy atom. The highest BCUT2D eigenvalue weighted by Crippen LogP contribution is 2.29. The molecule has 9 heteroatoms. The van der Waals surface area contributed by atoms with Crippen molar-refractivity contribution in [2.75, 3.05) is 0 Å². The molecule has 0 spiro atoms. The maximum absolute atomic E-state index is 12.4. The van der Waals surface area contributed by atoms with Gasteiger partial charge in [-0.1, -0.05) is 0 Å². The van der Waals surface area contributed by atoms with Crippen molar-refractivity contribution in [1.29, 1.82) is 5.26 Å². The molecular formula is C11H15F3N2O4. The summed E-state index contributed by atoms with van der Waals surface area (Å²) < 4.78 is 41.9. The number of rotatable bonds is 4. The molecule has 0 heterocycles. The fourth-order valence-corrected chi connectivity index (χ4v) is 1.17. The molecule has 2 unspecified atom stereocenters. The summed E-state index contributed by atoms with van der Waals surface area (Å²) in [4.78, 5) is 22.2. The Morgan fingerprint density at radius 1 is 1.35 bits per heavy atom. The maximum Gasteiger partial charge on any atom is 0.408 e.